The van der Waals surface area contributed by atoms with Crippen molar-refractivity contribution >= 4 is 16.9 Å². The first-order chi connectivity index (χ1) is 8.04. The predicted octanol–water partition coefficient (Wildman–Crippen LogP) is 1.82. The summed E-state index contributed by atoms with van der Waals surface area (Å²) < 4.78 is 18.1. The number of rotatable bonds is 2. The summed E-state index contributed by atoms with van der Waals surface area (Å²) in [5.74, 6) is -1.31. The molecule has 0 bridgehead atoms. The highest BCUT2D eigenvalue weighted by Crippen LogP contribution is 2.25. The topological polar surface area (TPSA) is 62.3 Å². The van der Waals surface area contributed by atoms with E-state index in [0.29, 0.717) is 10.9 Å². The van der Waals surface area contributed by atoms with Crippen molar-refractivity contribution in [3.63, 3.8) is 0 Å². The summed E-state index contributed by atoms with van der Waals surface area (Å²) in [5.41, 5.74) is 1.39. The molecule has 0 aliphatic carbocycles. The van der Waals surface area contributed by atoms with Crippen LogP contribution in [0.2, 0.25) is 0 Å². The molecule has 5 heteroatoms. The molecule has 90 valence electrons. The Bertz CT molecular complexity index is 576. The zero-order chi connectivity index (χ0) is 12.6. The van der Waals surface area contributed by atoms with E-state index in [-0.39, 0.29) is 5.56 Å². The van der Waals surface area contributed by atoms with Crippen molar-refractivity contribution in [1.29, 1.82) is 0 Å². The van der Waals surface area contributed by atoms with E-state index in [2.05, 4.69) is 9.72 Å². The third-order valence-corrected chi connectivity index (χ3v) is 2.71. The second kappa shape index (κ2) is 4.18. The van der Waals surface area contributed by atoms with Crippen molar-refractivity contribution in [2.24, 2.45) is 0 Å². The molecule has 1 aromatic heterocycles. The quantitative estimate of drug-likeness (QED) is 0.783. The molecule has 0 saturated carbocycles. The lowest BCUT2D eigenvalue weighted by atomic mass is 10.1. The molecular weight excluding hydrogens is 225 g/mol. The Hall–Kier alpha value is -1.88. The van der Waals surface area contributed by atoms with Crippen molar-refractivity contribution in [3.05, 3.63) is 35.3 Å². The Morgan fingerprint density at radius 3 is 2.88 bits per heavy atom. The Balaban J connectivity index is 2.56. The minimum Gasteiger partial charge on any atom is -0.467 e. The number of H-pyrrole nitrogens is 1. The molecule has 1 atom stereocenters. The molecule has 4 nitrogen and oxygen atoms in total. The summed E-state index contributed by atoms with van der Waals surface area (Å²) in [7, 11) is 1.17. The van der Waals surface area contributed by atoms with Gasteiger partial charge in [0.05, 0.1) is 12.6 Å². The van der Waals surface area contributed by atoms with E-state index in [4.69, 9.17) is 0 Å². The molecule has 2 aromatic rings. The number of carbonyl (C=O) groups is 1. The maximum absolute atomic E-state index is 13.7. The number of aryl methyl sites for hydroxylation is 1. The molecule has 1 unspecified atom stereocenters. The van der Waals surface area contributed by atoms with Gasteiger partial charge in [-0.2, -0.15) is 0 Å². The van der Waals surface area contributed by atoms with Crippen LogP contribution in [-0.2, 0) is 9.53 Å². The second-order valence-electron chi connectivity index (χ2n) is 3.82. The van der Waals surface area contributed by atoms with Crippen molar-refractivity contribution in [2.45, 2.75) is 13.0 Å². The van der Waals surface area contributed by atoms with Crippen LogP contribution in [0.3, 0.4) is 0 Å². The van der Waals surface area contributed by atoms with Gasteiger partial charge in [-0.3, -0.25) is 0 Å². The van der Waals surface area contributed by atoms with Crippen LogP contribution in [0, 0.1) is 12.7 Å². The minimum atomic E-state index is -1.46. The molecule has 0 fully saturated rings. The highest BCUT2D eigenvalue weighted by molar-refractivity contribution is 5.86. The molecular formula is C12H12FNO3. The molecule has 0 saturated heterocycles. The zero-order valence-corrected chi connectivity index (χ0v) is 9.45. The number of ether oxygens (including phenoxy) is 1. The lowest BCUT2D eigenvalue weighted by molar-refractivity contribution is -0.150. The van der Waals surface area contributed by atoms with Gasteiger partial charge in [0.1, 0.15) is 5.82 Å². The molecule has 0 radical (unpaired) electrons. The standard InChI is InChI=1S/C12H12FNO3/c1-6-5-14-10-8(6)3-7(4-9(10)13)11(15)12(16)17-2/h3-5,11,14-15H,1-2H3. The number of hydrogen-bond donors (Lipinski definition) is 2. The Kier molecular flexibility index (Phi) is 2.85. The molecule has 1 aromatic carbocycles. The zero-order valence-electron chi connectivity index (χ0n) is 9.45. The van der Waals surface area contributed by atoms with Gasteiger partial charge in [0.15, 0.2) is 6.10 Å². The smallest absolute Gasteiger partial charge is 0.339 e. The van der Waals surface area contributed by atoms with E-state index in [1.807, 2.05) is 6.92 Å². The monoisotopic (exact) mass is 237 g/mol. The predicted molar refractivity (Wildman–Crippen MR) is 60.0 cm³/mol. The van der Waals surface area contributed by atoms with Gasteiger partial charge >= 0.3 is 5.97 Å². The molecule has 0 spiro atoms. The van der Waals surface area contributed by atoms with Crippen molar-refractivity contribution < 1.29 is 19.0 Å². The summed E-state index contributed by atoms with van der Waals surface area (Å²) in [4.78, 5) is 14.0. The molecule has 0 aliphatic rings. The van der Waals surface area contributed by atoms with Gasteiger partial charge in [0.2, 0.25) is 0 Å². The first kappa shape index (κ1) is 11.6. The van der Waals surface area contributed by atoms with Crippen LogP contribution in [0.4, 0.5) is 4.39 Å². The van der Waals surface area contributed by atoms with Gasteiger partial charge in [-0.25, -0.2) is 9.18 Å². The van der Waals surface area contributed by atoms with Crippen LogP contribution in [0.1, 0.15) is 17.2 Å². The fraction of sp³-hybridized carbons (Fsp3) is 0.250. The number of aromatic amines is 1. The first-order valence-corrected chi connectivity index (χ1v) is 5.07. The number of fused-ring (bicyclic) bond motifs is 1. The van der Waals surface area contributed by atoms with Crippen LogP contribution >= 0.6 is 0 Å². The first-order valence-electron chi connectivity index (χ1n) is 5.07. The van der Waals surface area contributed by atoms with E-state index in [9.17, 15) is 14.3 Å². The highest BCUT2D eigenvalue weighted by Gasteiger charge is 2.20. The molecule has 2 rings (SSSR count). The van der Waals surface area contributed by atoms with Crippen LogP contribution < -0.4 is 0 Å². The number of nitrogens with one attached hydrogen (secondary N) is 1. The minimum absolute atomic E-state index is 0.185. The highest BCUT2D eigenvalue weighted by atomic mass is 19.1. The number of methoxy groups -OCH3 is 1. The number of aromatic nitrogens is 1. The summed E-state index contributed by atoms with van der Waals surface area (Å²) in [6.45, 7) is 1.81. The maximum Gasteiger partial charge on any atom is 0.339 e. The van der Waals surface area contributed by atoms with E-state index in [1.165, 1.54) is 7.11 Å². The van der Waals surface area contributed by atoms with Gasteiger partial charge in [0.25, 0.3) is 0 Å². The Morgan fingerprint density at radius 1 is 1.53 bits per heavy atom. The average Bonchev–Trinajstić information content (AvgIpc) is 2.70. The maximum atomic E-state index is 13.7. The second-order valence-corrected chi connectivity index (χ2v) is 3.82. The fourth-order valence-electron chi connectivity index (χ4n) is 1.75. The van der Waals surface area contributed by atoms with Crippen molar-refractivity contribution in [1.82, 2.24) is 4.98 Å². The van der Waals surface area contributed by atoms with E-state index >= 15 is 0 Å². The summed E-state index contributed by atoms with van der Waals surface area (Å²) in [6, 6.07) is 2.70. The van der Waals surface area contributed by atoms with Crippen LogP contribution in [0.25, 0.3) is 10.9 Å². The largest absolute Gasteiger partial charge is 0.467 e. The van der Waals surface area contributed by atoms with Crippen LogP contribution in [-0.4, -0.2) is 23.2 Å². The Morgan fingerprint density at radius 2 is 2.24 bits per heavy atom. The number of halogens is 1. The third kappa shape index (κ3) is 1.89. The number of hydrogen-bond acceptors (Lipinski definition) is 3. The number of benzene rings is 1. The molecule has 17 heavy (non-hydrogen) atoms. The van der Waals surface area contributed by atoms with Crippen LogP contribution in [0.5, 0.6) is 0 Å². The van der Waals surface area contributed by atoms with Crippen molar-refractivity contribution in [2.75, 3.05) is 7.11 Å². The van der Waals surface area contributed by atoms with E-state index in [0.717, 1.165) is 11.6 Å². The van der Waals surface area contributed by atoms with Gasteiger partial charge in [-0.1, -0.05) is 0 Å². The Labute approximate surface area is 97.0 Å². The lowest BCUT2D eigenvalue weighted by Crippen LogP contribution is -2.13. The van der Waals surface area contributed by atoms with Crippen molar-refractivity contribution in [3.8, 4) is 0 Å². The molecule has 2 N–H and O–H groups in total. The number of esters is 1. The van der Waals surface area contributed by atoms with Gasteiger partial charge < -0.3 is 14.8 Å². The SMILES string of the molecule is COC(=O)C(O)c1cc(F)c2[nH]cc(C)c2c1. The number of aliphatic hydroxyl groups is 1. The normalized spacial score (nSPS) is 12.7. The van der Waals surface area contributed by atoms with Crippen LogP contribution in [0.15, 0.2) is 18.3 Å². The van der Waals surface area contributed by atoms with E-state index < -0.39 is 17.9 Å². The summed E-state index contributed by atoms with van der Waals surface area (Å²) >= 11 is 0. The fourth-order valence-corrected chi connectivity index (χ4v) is 1.75. The van der Waals surface area contributed by atoms with Gasteiger partial charge in [0, 0.05) is 11.6 Å². The number of carbonyl (C=O) groups excluding carboxylic acids is 1. The summed E-state index contributed by atoms with van der Waals surface area (Å²) in [5, 5.41) is 10.3. The van der Waals surface area contributed by atoms with Gasteiger partial charge in [-0.15, -0.1) is 0 Å². The molecule has 0 aliphatic heterocycles. The molecule has 0 amide bonds. The number of aliphatic hydroxyl groups excluding tert-OH is 1. The lowest BCUT2D eigenvalue weighted by Gasteiger charge is -2.09. The molecule has 1 heterocycles. The average molecular weight is 237 g/mol. The summed E-state index contributed by atoms with van der Waals surface area (Å²) in [6.07, 6.45) is 0.204. The third-order valence-electron chi connectivity index (χ3n) is 2.71. The van der Waals surface area contributed by atoms with Gasteiger partial charge in [-0.05, 0) is 30.2 Å². The van der Waals surface area contributed by atoms with E-state index in [1.54, 1.807) is 12.3 Å².